The quantitative estimate of drug-likeness (QED) is 0.920. The van der Waals surface area contributed by atoms with Crippen LogP contribution in [0.2, 0.25) is 0 Å². The van der Waals surface area contributed by atoms with Crippen LogP contribution in [0.4, 0.5) is 0 Å². The van der Waals surface area contributed by atoms with E-state index >= 15 is 0 Å². The van der Waals surface area contributed by atoms with Crippen molar-refractivity contribution in [2.45, 2.75) is 43.8 Å². The normalized spacial score (nSPS) is 26.2. The molecule has 2 aliphatic rings. The van der Waals surface area contributed by atoms with E-state index in [-0.39, 0.29) is 18.3 Å². The molecule has 3 atom stereocenters. The van der Waals surface area contributed by atoms with Crippen molar-refractivity contribution in [3.05, 3.63) is 35.9 Å². The number of benzene rings is 1. The van der Waals surface area contributed by atoms with Gasteiger partial charge in [0.05, 0.1) is 6.04 Å². The van der Waals surface area contributed by atoms with Crippen molar-refractivity contribution in [1.29, 1.82) is 0 Å². The van der Waals surface area contributed by atoms with Gasteiger partial charge in [0.2, 0.25) is 5.91 Å². The van der Waals surface area contributed by atoms with Gasteiger partial charge in [0.25, 0.3) is 0 Å². The Morgan fingerprint density at radius 1 is 1.23 bits per heavy atom. The molecule has 0 spiro atoms. The van der Waals surface area contributed by atoms with E-state index in [9.17, 15) is 4.79 Å². The Morgan fingerprint density at radius 3 is 2.64 bits per heavy atom. The Balaban J connectivity index is 0.00000176. The van der Waals surface area contributed by atoms with Crippen molar-refractivity contribution in [3.63, 3.8) is 0 Å². The molecule has 2 N–H and O–H groups in total. The summed E-state index contributed by atoms with van der Waals surface area (Å²) in [7, 11) is 2.19. The average Bonchev–Trinajstić information content (AvgIpc) is 2.72. The number of carbonyl (C=O) groups excluding carboxylic acids is 1. The molecule has 2 fully saturated rings. The first-order chi connectivity index (χ1) is 10.1. The molecule has 2 saturated heterocycles. The molecule has 0 saturated carbocycles. The van der Waals surface area contributed by atoms with Crippen LogP contribution in [-0.4, -0.2) is 54.0 Å². The number of likely N-dealkylation sites (N-methyl/N-ethyl adjacent to an activating group) is 1. The topological polar surface area (TPSA) is 49.6 Å². The summed E-state index contributed by atoms with van der Waals surface area (Å²) in [5.74, 6) is 0.111. The number of nitrogens with two attached hydrogens (primary N) is 1. The van der Waals surface area contributed by atoms with Crippen molar-refractivity contribution in [1.82, 2.24) is 9.80 Å². The summed E-state index contributed by atoms with van der Waals surface area (Å²) in [6.45, 7) is 1.70. The van der Waals surface area contributed by atoms with Crippen LogP contribution in [0.25, 0.3) is 0 Å². The van der Waals surface area contributed by atoms with Crippen LogP contribution in [0.1, 0.15) is 24.8 Å². The molecule has 5 heteroatoms. The summed E-state index contributed by atoms with van der Waals surface area (Å²) >= 11 is 0. The maximum Gasteiger partial charge on any atom is 0.239 e. The highest BCUT2D eigenvalue weighted by molar-refractivity contribution is 5.85. The third-order valence-electron chi connectivity index (χ3n) is 5.08. The molecule has 1 aromatic carbocycles. The molecule has 0 aromatic heterocycles. The fourth-order valence-corrected chi connectivity index (χ4v) is 3.70. The lowest BCUT2D eigenvalue weighted by atomic mass is 10.0. The fraction of sp³-hybridized carbons (Fsp3) is 0.588. The Morgan fingerprint density at radius 2 is 1.91 bits per heavy atom. The van der Waals surface area contributed by atoms with Gasteiger partial charge in [-0.2, -0.15) is 0 Å². The fourth-order valence-electron chi connectivity index (χ4n) is 3.70. The van der Waals surface area contributed by atoms with E-state index in [2.05, 4.69) is 11.9 Å². The highest BCUT2D eigenvalue weighted by atomic mass is 35.5. The van der Waals surface area contributed by atoms with E-state index in [0.717, 1.165) is 25.1 Å². The van der Waals surface area contributed by atoms with Gasteiger partial charge in [-0.25, -0.2) is 0 Å². The van der Waals surface area contributed by atoms with Crippen LogP contribution in [0, 0.1) is 0 Å². The minimum absolute atomic E-state index is 0. The molecule has 0 aliphatic carbocycles. The summed E-state index contributed by atoms with van der Waals surface area (Å²) in [4.78, 5) is 17.1. The smallest absolute Gasteiger partial charge is 0.239 e. The summed E-state index contributed by atoms with van der Waals surface area (Å²) in [5.41, 5.74) is 7.29. The SMILES string of the molecule is CN1C2CCC1CN(C(=O)[C@@H](N)Cc1ccccc1)CC2.Cl. The molecule has 2 aliphatic heterocycles. The molecule has 1 amide bonds. The van der Waals surface area contributed by atoms with Crippen molar-refractivity contribution in [3.8, 4) is 0 Å². The number of hydrogen-bond acceptors (Lipinski definition) is 3. The van der Waals surface area contributed by atoms with Gasteiger partial charge >= 0.3 is 0 Å². The zero-order valence-electron chi connectivity index (χ0n) is 13.1. The molecule has 2 unspecified atom stereocenters. The maximum absolute atomic E-state index is 12.6. The van der Waals surface area contributed by atoms with Gasteiger partial charge in [-0.05, 0) is 38.3 Å². The largest absolute Gasteiger partial charge is 0.340 e. The van der Waals surface area contributed by atoms with Crippen molar-refractivity contribution >= 4 is 18.3 Å². The first kappa shape index (κ1) is 17.3. The Bertz CT molecular complexity index is 496. The number of rotatable bonds is 3. The van der Waals surface area contributed by atoms with Crippen LogP contribution in [0.5, 0.6) is 0 Å². The molecule has 2 bridgehead atoms. The molecule has 1 aromatic rings. The van der Waals surface area contributed by atoms with Crippen LogP contribution >= 0.6 is 12.4 Å². The zero-order chi connectivity index (χ0) is 14.8. The minimum atomic E-state index is -0.422. The highest BCUT2D eigenvalue weighted by Crippen LogP contribution is 2.28. The first-order valence-electron chi connectivity index (χ1n) is 7.95. The lowest BCUT2D eigenvalue weighted by Crippen LogP contribution is -2.48. The van der Waals surface area contributed by atoms with Gasteiger partial charge in [-0.15, -0.1) is 12.4 Å². The maximum atomic E-state index is 12.6. The first-order valence-corrected chi connectivity index (χ1v) is 7.95. The van der Waals surface area contributed by atoms with Gasteiger partial charge in [0.1, 0.15) is 0 Å². The third-order valence-corrected chi connectivity index (χ3v) is 5.08. The van der Waals surface area contributed by atoms with E-state index in [1.165, 1.54) is 12.8 Å². The van der Waals surface area contributed by atoms with Crippen molar-refractivity contribution in [2.75, 3.05) is 20.1 Å². The molecular formula is C17H26ClN3O. The molecule has 3 rings (SSSR count). The summed E-state index contributed by atoms with van der Waals surface area (Å²) in [6, 6.07) is 10.8. The third kappa shape index (κ3) is 3.62. The van der Waals surface area contributed by atoms with Crippen LogP contribution < -0.4 is 5.73 Å². The van der Waals surface area contributed by atoms with E-state index in [0.29, 0.717) is 18.5 Å². The van der Waals surface area contributed by atoms with E-state index in [1.807, 2.05) is 35.2 Å². The van der Waals surface area contributed by atoms with Gasteiger partial charge in [-0.3, -0.25) is 9.69 Å². The number of likely N-dealkylation sites (tertiary alicyclic amines) is 1. The minimum Gasteiger partial charge on any atom is -0.340 e. The van der Waals surface area contributed by atoms with E-state index < -0.39 is 6.04 Å². The Labute approximate surface area is 139 Å². The molecule has 0 radical (unpaired) electrons. The summed E-state index contributed by atoms with van der Waals surface area (Å²) < 4.78 is 0. The Kier molecular flexibility index (Phi) is 5.84. The van der Waals surface area contributed by atoms with Gasteiger partial charge in [-0.1, -0.05) is 30.3 Å². The molecular weight excluding hydrogens is 298 g/mol. The Hall–Kier alpha value is -1.10. The number of halogens is 1. The molecule has 2 heterocycles. The summed E-state index contributed by atoms with van der Waals surface area (Å²) in [6.07, 6.45) is 4.19. The van der Waals surface area contributed by atoms with Crippen molar-refractivity contribution < 1.29 is 4.79 Å². The second-order valence-electron chi connectivity index (χ2n) is 6.42. The van der Waals surface area contributed by atoms with Crippen LogP contribution in [0.3, 0.4) is 0 Å². The van der Waals surface area contributed by atoms with Gasteiger partial charge < -0.3 is 10.6 Å². The predicted octanol–water partition coefficient (Wildman–Crippen LogP) is 1.67. The lowest BCUT2D eigenvalue weighted by molar-refractivity contribution is -0.132. The second-order valence-corrected chi connectivity index (χ2v) is 6.42. The monoisotopic (exact) mass is 323 g/mol. The highest BCUT2D eigenvalue weighted by Gasteiger charge is 2.36. The standard InChI is InChI=1S/C17H25N3O.ClH/c1-19-14-7-8-15(19)12-20(10-9-14)17(21)16(18)11-13-5-3-2-4-6-13;/h2-6,14-16H,7-12,18H2,1H3;1H/t14?,15?,16-;/m0./s1. The second kappa shape index (κ2) is 7.44. The number of fused-ring (bicyclic) bond motifs is 2. The van der Waals surface area contributed by atoms with Gasteiger partial charge in [0, 0.05) is 25.2 Å². The lowest BCUT2D eigenvalue weighted by Gasteiger charge is -2.28. The number of amides is 1. The van der Waals surface area contributed by atoms with Crippen molar-refractivity contribution in [2.24, 2.45) is 5.73 Å². The molecule has 122 valence electrons. The molecule has 22 heavy (non-hydrogen) atoms. The number of carbonyl (C=O) groups is 1. The number of nitrogens with zero attached hydrogens (tertiary/aromatic N) is 2. The number of hydrogen-bond donors (Lipinski definition) is 1. The molecule has 4 nitrogen and oxygen atoms in total. The zero-order valence-corrected chi connectivity index (χ0v) is 14.0. The van der Waals surface area contributed by atoms with E-state index in [4.69, 9.17) is 5.73 Å². The van der Waals surface area contributed by atoms with E-state index in [1.54, 1.807) is 0 Å². The summed E-state index contributed by atoms with van der Waals surface area (Å²) in [5, 5.41) is 0. The van der Waals surface area contributed by atoms with Gasteiger partial charge in [0.15, 0.2) is 0 Å². The van der Waals surface area contributed by atoms with Crippen LogP contribution in [-0.2, 0) is 11.2 Å². The average molecular weight is 324 g/mol. The van der Waals surface area contributed by atoms with Crippen LogP contribution in [0.15, 0.2) is 30.3 Å². The predicted molar refractivity (Wildman–Crippen MR) is 91.1 cm³/mol.